The Morgan fingerprint density at radius 2 is 0.649 bits per heavy atom. The number of rotatable bonds is 6. The number of fused-ring (bicyclic) bond motifs is 7. The van der Waals surface area contributed by atoms with Gasteiger partial charge in [-0.25, -0.2) is 0 Å². The van der Waals surface area contributed by atoms with Gasteiger partial charge in [0.05, 0.1) is 70.0 Å². The molecule has 0 radical (unpaired) electrons. The van der Waals surface area contributed by atoms with Crippen LogP contribution in [0.3, 0.4) is 0 Å². The van der Waals surface area contributed by atoms with Gasteiger partial charge in [-0.3, -0.25) is 0 Å². The minimum atomic E-state index is -1.17. The van der Waals surface area contributed by atoms with E-state index in [4.69, 9.17) is 24.7 Å². The third-order valence-corrected chi connectivity index (χ3v) is 8.92. The molecule has 0 N–H and O–H groups in total. The second kappa shape index (κ2) is 13.4. The van der Waals surface area contributed by atoms with Gasteiger partial charge in [0.25, 0.3) is 0 Å². The van der Waals surface area contributed by atoms with E-state index in [1.54, 1.807) is 0 Å². The molecule has 57 heavy (non-hydrogen) atoms. The third kappa shape index (κ3) is 5.57. The lowest BCUT2D eigenvalue weighted by Gasteiger charge is -2.12. The number of hydrogen-bond donors (Lipinski definition) is 0. The van der Waals surface area contributed by atoms with Crippen molar-refractivity contribution in [2.75, 3.05) is 0 Å². The van der Waals surface area contributed by atoms with E-state index in [-0.39, 0.29) is 5.56 Å². The summed E-state index contributed by atoms with van der Waals surface area (Å²) in [6, 6.07) is -35.1. The van der Waals surface area contributed by atoms with E-state index in [1.807, 2.05) is 0 Å². The monoisotopic (exact) mass is 762 g/mol. The molecule has 0 unspecified atom stereocenters. The van der Waals surface area contributed by atoms with Crippen LogP contribution in [0, 0.1) is 6.92 Å². The topological polar surface area (TPSA) is 9.86 Å². The highest BCUT2D eigenvalue weighted by atomic mass is 15.0. The molecule has 2 aromatic heterocycles. The largest absolute Gasteiger partial charge is 0.309 e. The zero-order valence-corrected chi connectivity index (χ0v) is 28.9. The van der Waals surface area contributed by atoms with Crippen molar-refractivity contribution in [2.45, 2.75) is 6.92 Å². The van der Waals surface area contributed by atoms with Crippen LogP contribution in [-0.4, -0.2) is 9.13 Å². The lowest BCUT2D eigenvalue weighted by atomic mass is 9.99. The van der Waals surface area contributed by atoms with Crippen LogP contribution in [0.1, 0.15) is 53.5 Å². The fraction of sp³-hybridized carbons (Fsp3) is 0.0182. The van der Waals surface area contributed by atoms with Crippen LogP contribution in [0.4, 0.5) is 0 Å². The van der Waals surface area contributed by atoms with E-state index < -0.39 is 311 Å². The Kier molecular flexibility index (Phi) is 3.08. The van der Waals surface area contributed by atoms with Gasteiger partial charge < -0.3 is 9.13 Å². The minimum absolute atomic E-state index is 0.110. The summed E-state index contributed by atoms with van der Waals surface area (Å²) in [6.07, 6.45) is 0. The molecule has 0 spiro atoms. The molecular formula is C55H38N2. The fourth-order valence-corrected chi connectivity index (χ4v) is 6.42. The lowest BCUT2D eigenvalue weighted by molar-refractivity contribution is 1.17. The third-order valence-electron chi connectivity index (χ3n) is 8.92. The summed E-state index contributed by atoms with van der Waals surface area (Å²) in [7, 11) is 0. The zero-order chi connectivity index (χ0) is 68.3. The molecular weight excluding hydrogens is 689 g/mol. The summed E-state index contributed by atoms with van der Waals surface area (Å²) in [5, 5.41) is -2.67. The lowest BCUT2D eigenvalue weighted by Crippen LogP contribution is -1.95. The molecule has 2 heteroatoms. The highest BCUT2D eigenvalue weighted by Crippen LogP contribution is 2.43. The Labute approximate surface area is 381 Å². The first kappa shape index (κ1) is 13.1. The summed E-state index contributed by atoms with van der Waals surface area (Å²) in [5.74, 6) is 0. The first-order valence-electron chi connectivity index (χ1n) is 34.3. The van der Waals surface area contributed by atoms with Gasteiger partial charge in [-0.15, -0.1) is 0 Å². The Morgan fingerprint density at radius 3 is 1.11 bits per heavy atom. The van der Waals surface area contributed by atoms with Crippen molar-refractivity contribution in [1.82, 2.24) is 9.13 Å². The van der Waals surface area contributed by atoms with Crippen molar-refractivity contribution in [1.29, 1.82) is 0 Å². The predicted molar refractivity (Wildman–Crippen MR) is 242 cm³/mol. The molecule has 0 saturated heterocycles. The summed E-state index contributed by atoms with van der Waals surface area (Å²) in [6.45, 7) is 1.28. The van der Waals surface area contributed by atoms with Crippen molar-refractivity contribution in [2.24, 2.45) is 0 Å². The number of aromatic nitrogens is 2. The minimum Gasteiger partial charge on any atom is -0.309 e. The maximum absolute atomic E-state index is 9.96. The van der Waals surface area contributed by atoms with Crippen molar-refractivity contribution in [3.63, 3.8) is 0 Å². The highest BCUT2D eigenvalue weighted by molar-refractivity contribution is 6.29. The highest BCUT2D eigenvalue weighted by Gasteiger charge is 2.21. The quantitative estimate of drug-likeness (QED) is 0.160. The molecule has 2 heterocycles. The molecule has 2 nitrogen and oxygen atoms in total. The maximum atomic E-state index is 9.96. The van der Waals surface area contributed by atoms with Gasteiger partial charge in [0.2, 0.25) is 0 Å². The molecule has 0 aliphatic carbocycles. The smallest absolute Gasteiger partial charge is 0.0651 e. The van der Waals surface area contributed by atoms with Crippen LogP contribution < -0.4 is 0 Å². The molecule has 0 aliphatic rings. The SMILES string of the molecule is [2H]c1c([2H])c([2H])c(-c2c([2H])c([2H])c(-c3c([2H])c([2H])c([2H])c(-n4c5c([2H])c([2H])c([2H])c([2H])c5c5c6c7c([2H])c([2H])c([2H])c([2H])c7n(-c7c([2H])c([2H])c([2H])c(-c8c([2H])c([2H])c(-c9c([2H])c([2H])c(C)c([2H])c9[2H])c([2H])c8[2H])c7[2H])c6c([2H])c([2H])c54)c3[2H])c([2H])c2[2H])c([2H])c1[2H]. The Hall–Kier alpha value is -7.42. The summed E-state index contributed by atoms with van der Waals surface area (Å²) < 4.78 is 319. The van der Waals surface area contributed by atoms with Crippen LogP contribution in [-0.2, 0) is 0 Å². The molecule has 0 fully saturated rings. The number of benzene rings is 9. The van der Waals surface area contributed by atoms with Crippen LogP contribution in [0.25, 0.3) is 99.5 Å². The zero-order valence-electron chi connectivity index (χ0n) is 63.9. The van der Waals surface area contributed by atoms with Gasteiger partial charge in [-0.1, -0.05) is 169 Å². The summed E-state index contributed by atoms with van der Waals surface area (Å²) in [4.78, 5) is 0. The van der Waals surface area contributed by atoms with Crippen molar-refractivity contribution in [3.05, 3.63) is 217 Å². The molecule has 0 amide bonds. The number of para-hydroxylation sites is 2. The first-order chi connectivity index (χ1) is 42.8. The Morgan fingerprint density at radius 1 is 0.298 bits per heavy atom. The molecule has 268 valence electrons. The van der Waals surface area contributed by atoms with Crippen LogP contribution in [0.2, 0.25) is 0 Å². The Bertz CT molecular complexity index is 4910. The molecule has 9 aromatic carbocycles. The van der Waals surface area contributed by atoms with Gasteiger partial charge in [0.15, 0.2) is 0 Å². The van der Waals surface area contributed by atoms with E-state index in [9.17, 15) is 23.3 Å². The van der Waals surface area contributed by atoms with Crippen LogP contribution in [0.15, 0.2) is 211 Å². The van der Waals surface area contributed by atoms with Crippen LogP contribution in [0.5, 0.6) is 0 Å². The summed E-state index contributed by atoms with van der Waals surface area (Å²) in [5.41, 5.74) is -11.9. The van der Waals surface area contributed by atoms with Gasteiger partial charge >= 0.3 is 0 Å². The van der Waals surface area contributed by atoms with Gasteiger partial charge in [0, 0.05) is 32.9 Å². The van der Waals surface area contributed by atoms with Gasteiger partial charge in [-0.2, -0.15) is 0 Å². The molecule has 0 bridgehead atoms. The number of hydrogen-bond acceptors (Lipinski definition) is 0. The second-order valence-electron chi connectivity index (χ2n) is 12.3. The number of nitrogens with zero attached hydrogens (tertiary/aromatic N) is 2. The average molecular weight is 762 g/mol. The van der Waals surface area contributed by atoms with Gasteiger partial charge in [0.1, 0.15) is 0 Å². The molecule has 0 saturated carbocycles. The standard InChI is InChI=1S/C55H38N2/c1-37-21-23-39(24-22-37)41-27-31-43(32-28-41)45-14-10-16-47(36-45)57-51-20-8-6-18-49(51)55-53(57)34-33-52-54(55)48-17-5-7-19-50(48)56(52)46-15-9-13-44(35-46)42-29-25-40(26-30-42)38-11-3-2-4-12-38/h2-36H,1H3/i2D,3D,4D,5D,6D,7D,8D,9D,10D,11D,12D,13D,14D,15D,16D,17D,18D,19D,20D,21D,22D,23D,24D,25D,26D,27D,28D,29D,30D,31D,32D,33D,34D,35D,36D. The normalized spacial score (nSPS) is 20.2. The van der Waals surface area contributed by atoms with Crippen LogP contribution >= 0.6 is 0 Å². The average Bonchev–Trinajstić information content (AvgIpc) is 1.50. The molecule has 0 atom stereocenters. The van der Waals surface area contributed by atoms with E-state index in [2.05, 4.69) is 0 Å². The first-order valence-corrected chi connectivity index (χ1v) is 16.8. The second-order valence-corrected chi connectivity index (χ2v) is 12.3. The summed E-state index contributed by atoms with van der Waals surface area (Å²) >= 11 is 0. The van der Waals surface area contributed by atoms with Crippen molar-refractivity contribution in [3.8, 4) is 55.9 Å². The van der Waals surface area contributed by atoms with E-state index >= 15 is 0 Å². The van der Waals surface area contributed by atoms with E-state index in [1.165, 1.54) is 6.92 Å². The molecule has 11 aromatic rings. The van der Waals surface area contributed by atoms with Crippen molar-refractivity contribution >= 4 is 43.6 Å². The van der Waals surface area contributed by atoms with Crippen molar-refractivity contribution < 1.29 is 48.0 Å². The maximum Gasteiger partial charge on any atom is 0.0651 e. The van der Waals surface area contributed by atoms with Gasteiger partial charge in [-0.05, 0) is 99.8 Å². The van der Waals surface area contributed by atoms with E-state index in [0.29, 0.717) is 9.13 Å². The predicted octanol–water partition coefficient (Wildman–Crippen LogP) is 14.9. The fourth-order valence-electron chi connectivity index (χ4n) is 6.42. The molecule has 0 aliphatic heterocycles. The molecule has 11 rings (SSSR count). The van der Waals surface area contributed by atoms with E-state index in [0.717, 1.165) is 0 Å². The Balaban J connectivity index is 1.32.